The highest BCUT2D eigenvalue weighted by molar-refractivity contribution is 5.84. The van der Waals surface area contributed by atoms with E-state index in [1.54, 1.807) is 0 Å². The minimum atomic E-state index is -1.11. The number of aliphatic hydroxyl groups is 1. The summed E-state index contributed by atoms with van der Waals surface area (Å²) in [5, 5.41) is 20.7. The minimum Gasteiger partial charge on any atom is -0.476 e. The molecule has 0 aliphatic carbocycles. The number of nitrogens with zero attached hydrogens (tertiary/aromatic N) is 2. The van der Waals surface area contributed by atoms with Gasteiger partial charge in [0.25, 0.3) is 0 Å². The third kappa shape index (κ3) is 3.16. The third-order valence-corrected chi connectivity index (χ3v) is 2.21. The molecule has 88 valence electrons. The molecule has 1 aromatic rings. The second-order valence-electron chi connectivity index (χ2n) is 3.77. The molecule has 1 atom stereocenters. The van der Waals surface area contributed by atoms with E-state index < -0.39 is 5.97 Å². The molecule has 0 saturated heterocycles. The zero-order chi connectivity index (χ0) is 12.1. The molecule has 0 saturated carbocycles. The monoisotopic (exact) mass is 225 g/mol. The number of hydrogen-bond acceptors (Lipinski definition) is 5. The van der Waals surface area contributed by atoms with E-state index in [4.69, 9.17) is 10.2 Å². The third-order valence-electron chi connectivity index (χ3n) is 2.21. The predicted molar refractivity (Wildman–Crippen MR) is 58.3 cm³/mol. The Morgan fingerprint density at radius 2 is 2.12 bits per heavy atom. The van der Waals surface area contributed by atoms with Crippen molar-refractivity contribution in [2.24, 2.45) is 5.92 Å². The fraction of sp³-hybridized carbons (Fsp3) is 0.500. The van der Waals surface area contributed by atoms with E-state index in [1.165, 1.54) is 12.4 Å². The van der Waals surface area contributed by atoms with Crippen LogP contribution in [0.15, 0.2) is 12.4 Å². The predicted octanol–water partition coefficient (Wildman–Crippen LogP) is 0.604. The maximum absolute atomic E-state index is 10.5. The van der Waals surface area contributed by atoms with Crippen molar-refractivity contribution in [3.63, 3.8) is 0 Å². The number of carbonyl (C=O) groups is 1. The number of aromatic nitrogens is 2. The Bertz CT molecular complexity index is 351. The normalized spacial score (nSPS) is 12.5. The van der Waals surface area contributed by atoms with Crippen molar-refractivity contribution in [2.75, 3.05) is 11.9 Å². The molecule has 0 fully saturated rings. The van der Waals surface area contributed by atoms with Gasteiger partial charge in [0, 0.05) is 0 Å². The molecule has 1 aromatic heterocycles. The van der Waals surface area contributed by atoms with Gasteiger partial charge in [-0.25, -0.2) is 14.8 Å². The molecule has 3 N–H and O–H groups in total. The van der Waals surface area contributed by atoms with E-state index in [2.05, 4.69) is 15.3 Å². The minimum absolute atomic E-state index is 0.0139. The summed E-state index contributed by atoms with van der Waals surface area (Å²) in [7, 11) is 0. The summed E-state index contributed by atoms with van der Waals surface area (Å²) in [4.78, 5) is 18.2. The Balaban J connectivity index is 2.71. The lowest BCUT2D eigenvalue weighted by atomic mass is 10.1. The van der Waals surface area contributed by atoms with Crippen molar-refractivity contribution in [1.82, 2.24) is 9.97 Å². The van der Waals surface area contributed by atoms with Crippen LogP contribution in [0.2, 0.25) is 0 Å². The lowest BCUT2D eigenvalue weighted by molar-refractivity contribution is 0.0690. The standard InChI is InChI=1S/C10H15N3O3/c1-6(2)8(5-14)13-9-4-11-7(3-12-9)10(15)16/h3-4,6,8,14H,5H2,1-2H3,(H,12,13)(H,15,16). The maximum Gasteiger partial charge on any atom is 0.356 e. The van der Waals surface area contributed by atoms with E-state index in [0.29, 0.717) is 5.82 Å². The van der Waals surface area contributed by atoms with Crippen molar-refractivity contribution in [2.45, 2.75) is 19.9 Å². The molecule has 0 aliphatic rings. The summed E-state index contributed by atoms with van der Waals surface area (Å²) in [6.45, 7) is 3.92. The average Bonchev–Trinajstić information content (AvgIpc) is 2.26. The molecule has 0 bridgehead atoms. The molecule has 0 radical (unpaired) electrons. The molecule has 0 spiro atoms. The summed E-state index contributed by atoms with van der Waals surface area (Å²) in [5.41, 5.74) is -0.101. The Labute approximate surface area is 93.4 Å². The summed E-state index contributed by atoms with van der Waals surface area (Å²) >= 11 is 0. The lowest BCUT2D eigenvalue weighted by Gasteiger charge is -2.20. The molecular weight excluding hydrogens is 210 g/mol. The Kier molecular flexibility index (Phi) is 4.19. The van der Waals surface area contributed by atoms with Crippen LogP contribution in [0.3, 0.4) is 0 Å². The number of nitrogens with one attached hydrogen (secondary N) is 1. The van der Waals surface area contributed by atoms with E-state index in [0.717, 1.165) is 0 Å². The first kappa shape index (κ1) is 12.4. The summed E-state index contributed by atoms with van der Waals surface area (Å²) in [6.07, 6.45) is 2.52. The molecular formula is C10H15N3O3. The second kappa shape index (κ2) is 5.41. The van der Waals surface area contributed by atoms with Crippen LogP contribution in [0.1, 0.15) is 24.3 Å². The second-order valence-corrected chi connectivity index (χ2v) is 3.77. The van der Waals surface area contributed by atoms with Crippen molar-refractivity contribution < 1.29 is 15.0 Å². The van der Waals surface area contributed by atoms with Crippen LogP contribution in [-0.4, -0.2) is 38.8 Å². The van der Waals surface area contributed by atoms with E-state index in [1.807, 2.05) is 13.8 Å². The molecule has 0 aliphatic heterocycles. The molecule has 6 heteroatoms. The first-order valence-corrected chi connectivity index (χ1v) is 4.97. The molecule has 1 heterocycles. The van der Waals surface area contributed by atoms with Gasteiger partial charge in [-0.3, -0.25) is 0 Å². The summed E-state index contributed by atoms with van der Waals surface area (Å²) < 4.78 is 0. The summed E-state index contributed by atoms with van der Waals surface area (Å²) in [6, 6.07) is -0.120. The van der Waals surface area contributed by atoms with Crippen molar-refractivity contribution in [1.29, 1.82) is 0 Å². The Morgan fingerprint density at radius 1 is 1.44 bits per heavy atom. The van der Waals surface area contributed by atoms with Crippen LogP contribution < -0.4 is 5.32 Å². The first-order valence-electron chi connectivity index (χ1n) is 4.97. The van der Waals surface area contributed by atoms with Crippen molar-refractivity contribution >= 4 is 11.8 Å². The fourth-order valence-corrected chi connectivity index (χ4v) is 1.13. The highest BCUT2D eigenvalue weighted by Crippen LogP contribution is 2.09. The van der Waals surface area contributed by atoms with Crippen LogP contribution in [0, 0.1) is 5.92 Å². The van der Waals surface area contributed by atoms with Crippen LogP contribution in [0.25, 0.3) is 0 Å². The fourth-order valence-electron chi connectivity index (χ4n) is 1.13. The van der Waals surface area contributed by atoms with Crippen molar-refractivity contribution in [3.05, 3.63) is 18.1 Å². The smallest absolute Gasteiger partial charge is 0.356 e. The number of rotatable bonds is 5. The van der Waals surface area contributed by atoms with Gasteiger partial charge in [0.05, 0.1) is 25.0 Å². The molecule has 6 nitrogen and oxygen atoms in total. The zero-order valence-corrected chi connectivity index (χ0v) is 9.21. The number of carboxylic acid groups (broad SMARTS) is 1. The number of anilines is 1. The van der Waals surface area contributed by atoms with E-state index >= 15 is 0 Å². The molecule has 1 rings (SSSR count). The van der Waals surface area contributed by atoms with Crippen LogP contribution in [0.5, 0.6) is 0 Å². The van der Waals surface area contributed by atoms with Crippen molar-refractivity contribution in [3.8, 4) is 0 Å². The van der Waals surface area contributed by atoms with Gasteiger partial charge >= 0.3 is 5.97 Å². The number of hydrogen-bond donors (Lipinski definition) is 3. The van der Waals surface area contributed by atoms with E-state index in [-0.39, 0.29) is 24.3 Å². The van der Waals surface area contributed by atoms with Gasteiger partial charge in [-0.15, -0.1) is 0 Å². The Morgan fingerprint density at radius 3 is 2.50 bits per heavy atom. The molecule has 0 aromatic carbocycles. The topological polar surface area (TPSA) is 95.3 Å². The quantitative estimate of drug-likeness (QED) is 0.679. The average molecular weight is 225 g/mol. The SMILES string of the molecule is CC(C)C(CO)Nc1cnc(C(=O)O)cn1. The largest absolute Gasteiger partial charge is 0.476 e. The molecule has 16 heavy (non-hydrogen) atoms. The van der Waals surface area contributed by atoms with Gasteiger partial charge in [-0.05, 0) is 5.92 Å². The number of aliphatic hydroxyl groups excluding tert-OH is 1. The van der Waals surface area contributed by atoms with Crippen LogP contribution >= 0.6 is 0 Å². The molecule has 0 amide bonds. The van der Waals surface area contributed by atoms with E-state index in [9.17, 15) is 4.79 Å². The maximum atomic E-state index is 10.5. The number of aromatic carboxylic acids is 1. The number of carboxylic acids is 1. The van der Waals surface area contributed by atoms with Gasteiger partial charge in [0.15, 0.2) is 5.69 Å². The van der Waals surface area contributed by atoms with Gasteiger partial charge in [0.1, 0.15) is 5.82 Å². The highest BCUT2D eigenvalue weighted by Gasteiger charge is 2.13. The lowest BCUT2D eigenvalue weighted by Crippen LogP contribution is -2.29. The highest BCUT2D eigenvalue weighted by atomic mass is 16.4. The summed E-state index contributed by atoms with van der Waals surface area (Å²) in [5.74, 6) is -0.412. The molecule has 1 unspecified atom stereocenters. The van der Waals surface area contributed by atoms with Gasteiger partial charge in [0.2, 0.25) is 0 Å². The van der Waals surface area contributed by atoms with Crippen LogP contribution in [0.4, 0.5) is 5.82 Å². The van der Waals surface area contributed by atoms with Crippen LogP contribution in [-0.2, 0) is 0 Å². The zero-order valence-electron chi connectivity index (χ0n) is 9.21. The van der Waals surface area contributed by atoms with Gasteiger partial charge in [-0.1, -0.05) is 13.8 Å². The van der Waals surface area contributed by atoms with Gasteiger partial charge < -0.3 is 15.5 Å². The first-order chi connectivity index (χ1) is 7.54. The van der Waals surface area contributed by atoms with Gasteiger partial charge in [-0.2, -0.15) is 0 Å². The Hall–Kier alpha value is -1.69.